The highest BCUT2D eigenvalue weighted by molar-refractivity contribution is 6.36. The molecule has 2 rings (SSSR count). The Hall–Kier alpha value is -2.59. The molecule has 0 aliphatic heterocycles. The summed E-state index contributed by atoms with van der Waals surface area (Å²) in [6.07, 6.45) is 0.109. The largest absolute Gasteiger partial charge is 0.463 e. The SMILES string of the molecule is N#CCCOc1oc(=O)c2cc([N+](=O)[O-])ccc2c1Cl. The van der Waals surface area contributed by atoms with E-state index < -0.39 is 10.5 Å². The number of fused-ring (bicyclic) bond motifs is 1. The lowest BCUT2D eigenvalue weighted by atomic mass is 10.1. The highest BCUT2D eigenvalue weighted by atomic mass is 35.5. The van der Waals surface area contributed by atoms with Gasteiger partial charge in [-0.2, -0.15) is 5.26 Å². The zero-order valence-electron chi connectivity index (χ0n) is 9.96. The Morgan fingerprint density at radius 2 is 2.20 bits per heavy atom. The van der Waals surface area contributed by atoms with Crippen LogP contribution in [0.5, 0.6) is 5.95 Å². The van der Waals surface area contributed by atoms with Gasteiger partial charge in [-0.1, -0.05) is 11.6 Å². The first kappa shape index (κ1) is 13.8. The van der Waals surface area contributed by atoms with Crippen LogP contribution in [0.2, 0.25) is 5.02 Å². The molecule has 0 saturated heterocycles. The van der Waals surface area contributed by atoms with Crippen LogP contribution in [0.1, 0.15) is 6.42 Å². The third-order valence-electron chi connectivity index (χ3n) is 2.48. The van der Waals surface area contributed by atoms with Gasteiger partial charge in [0.15, 0.2) is 0 Å². The fourth-order valence-corrected chi connectivity index (χ4v) is 1.84. The van der Waals surface area contributed by atoms with Crippen LogP contribution in [0.3, 0.4) is 0 Å². The smallest absolute Gasteiger partial charge is 0.346 e. The maximum absolute atomic E-state index is 11.8. The maximum atomic E-state index is 11.8. The Bertz CT molecular complexity index is 778. The van der Waals surface area contributed by atoms with Gasteiger partial charge in [0, 0.05) is 17.5 Å². The van der Waals surface area contributed by atoms with Crippen molar-refractivity contribution in [2.45, 2.75) is 6.42 Å². The molecule has 0 radical (unpaired) electrons. The van der Waals surface area contributed by atoms with Gasteiger partial charge in [-0.3, -0.25) is 10.1 Å². The van der Waals surface area contributed by atoms with Crippen LogP contribution in [-0.2, 0) is 0 Å². The van der Waals surface area contributed by atoms with Gasteiger partial charge in [0.2, 0.25) is 0 Å². The molecule has 0 fully saturated rings. The van der Waals surface area contributed by atoms with Crippen molar-refractivity contribution in [2.24, 2.45) is 0 Å². The number of benzene rings is 1. The molecule has 0 atom stereocenters. The minimum atomic E-state index is -0.792. The average molecular weight is 295 g/mol. The quantitative estimate of drug-likeness (QED) is 0.487. The van der Waals surface area contributed by atoms with Gasteiger partial charge in [-0.15, -0.1) is 0 Å². The lowest BCUT2D eigenvalue weighted by molar-refractivity contribution is -0.384. The molecule has 1 heterocycles. The third-order valence-corrected chi connectivity index (χ3v) is 2.84. The molecule has 0 saturated carbocycles. The van der Waals surface area contributed by atoms with Crippen molar-refractivity contribution in [3.05, 3.63) is 43.8 Å². The third kappa shape index (κ3) is 2.55. The summed E-state index contributed by atoms with van der Waals surface area (Å²) in [5.41, 5.74) is -1.03. The summed E-state index contributed by atoms with van der Waals surface area (Å²) < 4.78 is 9.95. The van der Waals surface area contributed by atoms with E-state index in [1.165, 1.54) is 12.1 Å². The molecule has 1 aromatic heterocycles. The molecule has 102 valence electrons. The van der Waals surface area contributed by atoms with Crippen LogP contribution in [0.4, 0.5) is 5.69 Å². The van der Waals surface area contributed by atoms with Crippen molar-refractivity contribution in [3.63, 3.8) is 0 Å². The van der Waals surface area contributed by atoms with Crippen LogP contribution in [-0.4, -0.2) is 11.5 Å². The van der Waals surface area contributed by atoms with E-state index in [-0.39, 0.29) is 35.1 Å². The average Bonchev–Trinajstić information content (AvgIpc) is 2.43. The molecular weight excluding hydrogens is 288 g/mol. The van der Waals surface area contributed by atoms with Crippen molar-refractivity contribution in [1.29, 1.82) is 5.26 Å². The van der Waals surface area contributed by atoms with Crippen molar-refractivity contribution in [1.82, 2.24) is 0 Å². The summed E-state index contributed by atoms with van der Waals surface area (Å²) in [4.78, 5) is 21.8. The number of nitrogens with zero attached hydrogens (tertiary/aromatic N) is 2. The van der Waals surface area contributed by atoms with Gasteiger partial charge < -0.3 is 9.15 Å². The second kappa shape index (κ2) is 5.59. The van der Waals surface area contributed by atoms with Crippen molar-refractivity contribution in [3.8, 4) is 12.0 Å². The summed E-state index contributed by atoms with van der Waals surface area (Å²) in [6.45, 7) is 0.0254. The minimum absolute atomic E-state index is 0.00293. The van der Waals surface area contributed by atoms with Crippen LogP contribution in [0, 0.1) is 21.4 Å². The molecule has 0 aliphatic carbocycles. The van der Waals surface area contributed by atoms with E-state index >= 15 is 0 Å². The second-order valence-corrected chi connectivity index (χ2v) is 4.11. The van der Waals surface area contributed by atoms with E-state index in [2.05, 4.69) is 0 Å². The van der Waals surface area contributed by atoms with Crippen molar-refractivity contribution in [2.75, 3.05) is 6.61 Å². The molecule has 7 nitrogen and oxygen atoms in total. The number of hydrogen-bond acceptors (Lipinski definition) is 6. The molecular formula is C12H7ClN2O5. The van der Waals surface area contributed by atoms with E-state index in [0.717, 1.165) is 6.07 Å². The Labute approximate surface area is 117 Å². The van der Waals surface area contributed by atoms with E-state index in [1.807, 2.05) is 6.07 Å². The number of ether oxygens (including phenoxy) is 1. The summed E-state index contributed by atoms with van der Waals surface area (Å²) in [7, 11) is 0. The predicted molar refractivity (Wildman–Crippen MR) is 69.9 cm³/mol. The lowest BCUT2D eigenvalue weighted by Gasteiger charge is -2.06. The van der Waals surface area contributed by atoms with E-state index in [4.69, 9.17) is 26.0 Å². The van der Waals surface area contributed by atoms with Gasteiger partial charge in [0.1, 0.15) is 11.6 Å². The molecule has 1 aromatic carbocycles. The highest BCUT2D eigenvalue weighted by Gasteiger charge is 2.16. The lowest BCUT2D eigenvalue weighted by Crippen LogP contribution is -2.05. The zero-order valence-corrected chi connectivity index (χ0v) is 10.7. The van der Waals surface area contributed by atoms with Crippen LogP contribution < -0.4 is 10.4 Å². The summed E-state index contributed by atoms with van der Waals surface area (Å²) in [6, 6.07) is 5.54. The van der Waals surface area contributed by atoms with E-state index in [9.17, 15) is 14.9 Å². The summed E-state index contributed by atoms with van der Waals surface area (Å²) in [5.74, 6) is -0.201. The number of hydrogen-bond donors (Lipinski definition) is 0. The summed E-state index contributed by atoms with van der Waals surface area (Å²) >= 11 is 6.01. The topological polar surface area (TPSA) is 106 Å². The number of nitriles is 1. The van der Waals surface area contributed by atoms with Gasteiger partial charge in [-0.25, -0.2) is 4.79 Å². The normalized spacial score (nSPS) is 10.2. The molecule has 0 bridgehead atoms. The molecule has 20 heavy (non-hydrogen) atoms. The maximum Gasteiger partial charge on any atom is 0.346 e. The first-order chi connectivity index (χ1) is 9.54. The van der Waals surface area contributed by atoms with Gasteiger partial charge in [0.25, 0.3) is 5.69 Å². The molecule has 0 amide bonds. The zero-order chi connectivity index (χ0) is 14.7. The Kier molecular flexibility index (Phi) is 3.86. The Balaban J connectivity index is 2.54. The first-order valence-electron chi connectivity index (χ1n) is 5.45. The standard InChI is InChI=1S/C12H7ClN2O5/c13-10-8-3-2-7(15(17)18)6-9(8)11(16)20-12(10)19-5-1-4-14/h2-3,6H,1,5H2. The fourth-order valence-electron chi connectivity index (χ4n) is 1.58. The monoisotopic (exact) mass is 294 g/mol. The predicted octanol–water partition coefficient (Wildman–Crippen LogP) is 2.65. The van der Waals surface area contributed by atoms with Crippen molar-refractivity contribution >= 4 is 28.1 Å². The molecule has 2 aromatic rings. The van der Waals surface area contributed by atoms with Crippen LogP contribution >= 0.6 is 11.6 Å². The van der Waals surface area contributed by atoms with Crippen LogP contribution in [0.15, 0.2) is 27.4 Å². The Morgan fingerprint density at radius 3 is 2.85 bits per heavy atom. The molecule has 0 N–H and O–H groups in total. The minimum Gasteiger partial charge on any atom is -0.463 e. The van der Waals surface area contributed by atoms with Gasteiger partial charge in [0.05, 0.1) is 22.8 Å². The number of halogens is 1. The van der Waals surface area contributed by atoms with E-state index in [1.54, 1.807) is 0 Å². The number of rotatable bonds is 4. The fraction of sp³-hybridized carbons (Fsp3) is 0.167. The summed E-state index contributed by atoms with van der Waals surface area (Å²) in [5, 5.41) is 19.4. The number of nitro benzene ring substituents is 1. The van der Waals surface area contributed by atoms with Crippen LogP contribution in [0.25, 0.3) is 10.8 Å². The number of non-ortho nitro benzene ring substituents is 1. The van der Waals surface area contributed by atoms with Crippen molar-refractivity contribution < 1.29 is 14.1 Å². The number of nitro groups is 1. The Morgan fingerprint density at radius 1 is 1.45 bits per heavy atom. The first-order valence-corrected chi connectivity index (χ1v) is 5.83. The van der Waals surface area contributed by atoms with E-state index in [0.29, 0.717) is 5.39 Å². The molecule has 8 heteroatoms. The molecule has 0 unspecified atom stereocenters. The molecule has 0 spiro atoms. The van der Waals surface area contributed by atoms with Gasteiger partial charge >= 0.3 is 11.6 Å². The van der Waals surface area contributed by atoms with Gasteiger partial charge in [-0.05, 0) is 6.07 Å². The highest BCUT2D eigenvalue weighted by Crippen LogP contribution is 2.32. The molecule has 0 aliphatic rings. The second-order valence-electron chi connectivity index (χ2n) is 3.73.